The zero-order valence-electron chi connectivity index (χ0n) is 16.9. The fraction of sp³-hybridized carbons (Fsp3) is 0.632. The molecule has 0 N–H and O–H groups in total. The first-order chi connectivity index (χ1) is 13.3. The highest BCUT2D eigenvalue weighted by molar-refractivity contribution is 9.10. The molecule has 0 aromatic heterocycles. The van der Waals surface area contributed by atoms with Gasteiger partial charge in [-0.3, -0.25) is 4.90 Å². The summed E-state index contributed by atoms with van der Waals surface area (Å²) in [6.07, 6.45) is -5.10. The molecule has 1 aliphatic heterocycles. The normalized spacial score (nSPS) is 18.5. The Balaban J connectivity index is 1.83. The lowest BCUT2D eigenvalue weighted by Gasteiger charge is -2.40. The maximum atomic E-state index is 12.4. The molecule has 164 valence electrons. The van der Waals surface area contributed by atoms with Gasteiger partial charge in [-0.1, -0.05) is 0 Å². The molecular weight excluding hydrogens is 457 g/mol. The van der Waals surface area contributed by atoms with Crippen LogP contribution < -0.4 is 9.47 Å². The average molecular weight is 483 g/mol. The number of ether oxygens (including phenoxy) is 3. The predicted molar refractivity (Wildman–Crippen MR) is 105 cm³/mol. The molecule has 1 aliphatic rings. The topological polar surface area (TPSA) is 51.2 Å². The van der Waals surface area contributed by atoms with Gasteiger partial charge in [-0.05, 0) is 55.8 Å². The zero-order chi connectivity index (χ0) is 21.8. The number of carbonyl (C=O) groups is 1. The molecule has 6 nitrogen and oxygen atoms in total. The van der Waals surface area contributed by atoms with Gasteiger partial charge in [-0.2, -0.15) is 0 Å². The maximum absolute atomic E-state index is 12.4. The highest BCUT2D eigenvalue weighted by Gasteiger charge is 2.32. The number of hydrogen-bond acceptors (Lipinski definition) is 5. The number of carbonyl (C=O) groups excluding carboxylic acids is 1. The third-order valence-electron chi connectivity index (χ3n) is 4.19. The molecule has 1 fully saturated rings. The molecule has 1 aromatic rings. The third kappa shape index (κ3) is 7.93. The minimum atomic E-state index is -4.77. The van der Waals surface area contributed by atoms with Crippen molar-refractivity contribution in [1.82, 2.24) is 9.80 Å². The Morgan fingerprint density at radius 3 is 2.52 bits per heavy atom. The van der Waals surface area contributed by atoms with Crippen molar-refractivity contribution >= 4 is 22.0 Å². The summed E-state index contributed by atoms with van der Waals surface area (Å²) in [5.41, 5.74) is -0.537. The Morgan fingerprint density at radius 2 is 1.93 bits per heavy atom. The molecule has 10 heteroatoms. The van der Waals surface area contributed by atoms with Crippen LogP contribution in [0.5, 0.6) is 11.5 Å². The van der Waals surface area contributed by atoms with Gasteiger partial charge >= 0.3 is 12.5 Å². The SMILES string of the molecule is CC1CN(C(=O)OC(C)(C)C)CCN1CCOc1ccc(Br)c(OC(F)(F)F)c1. The van der Waals surface area contributed by atoms with Crippen molar-refractivity contribution in [1.29, 1.82) is 0 Å². The van der Waals surface area contributed by atoms with Gasteiger partial charge in [-0.15, -0.1) is 13.2 Å². The van der Waals surface area contributed by atoms with Crippen LogP contribution in [-0.4, -0.2) is 66.7 Å². The summed E-state index contributed by atoms with van der Waals surface area (Å²) >= 11 is 3.03. The van der Waals surface area contributed by atoms with Crippen LogP contribution in [0.4, 0.5) is 18.0 Å². The van der Waals surface area contributed by atoms with Crippen molar-refractivity contribution in [2.45, 2.75) is 45.7 Å². The summed E-state index contributed by atoms with van der Waals surface area (Å²) < 4.78 is 52.5. The van der Waals surface area contributed by atoms with Crippen LogP contribution >= 0.6 is 15.9 Å². The van der Waals surface area contributed by atoms with Crippen LogP contribution in [0.3, 0.4) is 0 Å². The van der Waals surface area contributed by atoms with E-state index in [0.29, 0.717) is 32.8 Å². The highest BCUT2D eigenvalue weighted by Crippen LogP contribution is 2.33. The lowest BCUT2D eigenvalue weighted by atomic mass is 10.2. The molecule has 1 heterocycles. The van der Waals surface area contributed by atoms with E-state index in [9.17, 15) is 18.0 Å². The Morgan fingerprint density at radius 1 is 1.24 bits per heavy atom. The number of rotatable bonds is 5. The molecule has 1 saturated heterocycles. The quantitative estimate of drug-likeness (QED) is 0.610. The second-order valence-electron chi connectivity index (χ2n) is 7.80. The van der Waals surface area contributed by atoms with Crippen LogP contribution in [0.2, 0.25) is 0 Å². The average Bonchev–Trinajstić information content (AvgIpc) is 2.56. The van der Waals surface area contributed by atoms with E-state index in [1.54, 1.807) is 11.0 Å². The summed E-state index contributed by atoms with van der Waals surface area (Å²) in [6.45, 7) is 10.1. The Labute approximate surface area is 177 Å². The predicted octanol–water partition coefficient (Wildman–Crippen LogP) is 4.67. The summed E-state index contributed by atoms with van der Waals surface area (Å²) in [4.78, 5) is 16.0. The van der Waals surface area contributed by atoms with E-state index in [1.807, 2.05) is 27.7 Å². The van der Waals surface area contributed by atoms with E-state index in [-0.39, 0.29) is 28.1 Å². The number of hydrogen-bond donors (Lipinski definition) is 0. The van der Waals surface area contributed by atoms with Gasteiger partial charge in [0, 0.05) is 38.3 Å². The molecule has 0 spiro atoms. The van der Waals surface area contributed by atoms with Crippen LogP contribution in [0, 0.1) is 0 Å². The van der Waals surface area contributed by atoms with Crippen LogP contribution in [0.15, 0.2) is 22.7 Å². The van der Waals surface area contributed by atoms with Crippen molar-refractivity contribution in [3.63, 3.8) is 0 Å². The van der Waals surface area contributed by atoms with Crippen LogP contribution in [0.25, 0.3) is 0 Å². The summed E-state index contributed by atoms with van der Waals surface area (Å²) in [7, 11) is 0. The largest absolute Gasteiger partial charge is 0.573 e. The molecule has 0 saturated carbocycles. The van der Waals surface area contributed by atoms with Crippen molar-refractivity contribution < 1.29 is 32.2 Å². The number of amides is 1. The minimum Gasteiger partial charge on any atom is -0.492 e. The molecule has 0 aliphatic carbocycles. The number of benzene rings is 1. The highest BCUT2D eigenvalue weighted by atomic mass is 79.9. The second kappa shape index (κ2) is 9.42. The first kappa shape index (κ1) is 23.6. The third-order valence-corrected chi connectivity index (χ3v) is 4.85. The monoisotopic (exact) mass is 482 g/mol. The molecule has 1 aromatic carbocycles. The van der Waals surface area contributed by atoms with Gasteiger partial charge in [0.2, 0.25) is 0 Å². The Kier molecular flexibility index (Phi) is 7.67. The summed E-state index contributed by atoms with van der Waals surface area (Å²) in [5.74, 6) is -0.0677. The van der Waals surface area contributed by atoms with E-state index < -0.39 is 12.0 Å². The van der Waals surface area contributed by atoms with E-state index in [0.717, 1.165) is 0 Å². The first-order valence-electron chi connectivity index (χ1n) is 9.24. The molecular formula is C19H26BrF3N2O4. The maximum Gasteiger partial charge on any atom is 0.573 e. The molecule has 1 atom stereocenters. The smallest absolute Gasteiger partial charge is 0.492 e. The van der Waals surface area contributed by atoms with Gasteiger partial charge in [0.05, 0.1) is 4.47 Å². The molecule has 29 heavy (non-hydrogen) atoms. The lowest BCUT2D eigenvalue weighted by Crippen LogP contribution is -2.55. The van der Waals surface area contributed by atoms with Gasteiger partial charge in [-0.25, -0.2) is 4.79 Å². The lowest BCUT2D eigenvalue weighted by molar-refractivity contribution is -0.274. The molecule has 1 unspecified atom stereocenters. The fourth-order valence-electron chi connectivity index (χ4n) is 2.88. The molecule has 0 radical (unpaired) electrons. The summed E-state index contributed by atoms with van der Waals surface area (Å²) in [5, 5.41) is 0. The van der Waals surface area contributed by atoms with Gasteiger partial charge in [0.15, 0.2) is 0 Å². The number of alkyl halides is 3. The van der Waals surface area contributed by atoms with Crippen molar-refractivity contribution in [3.05, 3.63) is 22.7 Å². The van der Waals surface area contributed by atoms with Crippen molar-refractivity contribution in [2.75, 3.05) is 32.8 Å². The van der Waals surface area contributed by atoms with Gasteiger partial charge in [0.25, 0.3) is 0 Å². The molecule has 1 amide bonds. The Bertz CT molecular complexity index is 710. The van der Waals surface area contributed by atoms with Crippen LogP contribution in [-0.2, 0) is 4.74 Å². The summed E-state index contributed by atoms with van der Waals surface area (Å²) in [6, 6.07) is 4.31. The van der Waals surface area contributed by atoms with Crippen molar-refractivity contribution in [2.24, 2.45) is 0 Å². The fourth-order valence-corrected chi connectivity index (χ4v) is 3.20. The van der Waals surface area contributed by atoms with Crippen LogP contribution in [0.1, 0.15) is 27.7 Å². The van der Waals surface area contributed by atoms with Gasteiger partial charge in [0.1, 0.15) is 23.7 Å². The molecule has 0 bridgehead atoms. The number of nitrogens with zero attached hydrogens (tertiary/aromatic N) is 2. The van der Waals surface area contributed by atoms with E-state index in [2.05, 4.69) is 25.6 Å². The minimum absolute atomic E-state index is 0.105. The van der Waals surface area contributed by atoms with Crippen molar-refractivity contribution in [3.8, 4) is 11.5 Å². The molecule has 2 rings (SSSR count). The van der Waals surface area contributed by atoms with E-state index in [4.69, 9.17) is 9.47 Å². The second-order valence-corrected chi connectivity index (χ2v) is 8.65. The number of piperazine rings is 1. The zero-order valence-corrected chi connectivity index (χ0v) is 18.5. The Hall–Kier alpha value is -1.68. The first-order valence-corrected chi connectivity index (χ1v) is 10.0. The van der Waals surface area contributed by atoms with Gasteiger partial charge < -0.3 is 19.1 Å². The standard InChI is InChI=1S/C19H26BrF3N2O4/c1-13-12-25(17(26)29-18(2,3)4)8-7-24(13)9-10-27-14-5-6-15(20)16(11-14)28-19(21,22)23/h5-6,11,13H,7-10,12H2,1-4H3. The number of halogens is 4. The van der Waals surface area contributed by atoms with E-state index in [1.165, 1.54) is 12.1 Å². The van der Waals surface area contributed by atoms with E-state index >= 15 is 0 Å².